The molecule has 4 heteroatoms. The van der Waals surface area contributed by atoms with Crippen LogP contribution >= 0.6 is 31.9 Å². The van der Waals surface area contributed by atoms with Crippen LogP contribution in [0.25, 0.3) is 10.9 Å². The molecule has 0 aliphatic heterocycles. The average Bonchev–Trinajstić information content (AvgIpc) is 2.34. The Bertz CT molecular complexity index is 396. The fourth-order valence-electron chi connectivity index (χ4n) is 0.908. The van der Waals surface area contributed by atoms with Crippen LogP contribution in [0.3, 0.4) is 0 Å². The monoisotopic (exact) mass is 275 g/mol. The maximum atomic E-state index is 4.80. The van der Waals surface area contributed by atoms with Gasteiger partial charge in [-0.3, -0.25) is 0 Å². The first-order chi connectivity index (χ1) is 5.27. The van der Waals surface area contributed by atoms with E-state index in [4.69, 9.17) is 4.52 Å². The minimum atomic E-state index is 0.855. The van der Waals surface area contributed by atoms with Crippen LogP contribution in [0.2, 0.25) is 0 Å². The summed E-state index contributed by atoms with van der Waals surface area (Å²) in [5.41, 5.74) is 0.855. The van der Waals surface area contributed by atoms with Crippen LogP contribution in [-0.4, -0.2) is 5.16 Å². The molecule has 56 valence electrons. The van der Waals surface area contributed by atoms with Gasteiger partial charge in [-0.05, 0) is 28.1 Å². The average molecular weight is 277 g/mol. The maximum absolute atomic E-state index is 4.80. The molecule has 0 unspecified atom stereocenters. The van der Waals surface area contributed by atoms with E-state index >= 15 is 0 Å². The van der Waals surface area contributed by atoms with Crippen LogP contribution in [0, 0.1) is 0 Å². The van der Waals surface area contributed by atoms with Gasteiger partial charge in [-0.15, -0.1) is 0 Å². The topological polar surface area (TPSA) is 26.0 Å². The van der Waals surface area contributed by atoms with Crippen LogP contribution in [0.1, 0.15) is 0 Å². The van der Waals surface area contributed by atoms with Crippen molar-refractivity contribution in [3.63, 3.8) is 0 Å². The lowest BCUT2D eigenvalue weighted by molar-refractivity contribution is 0.428. The van der Waals surface area contributed by atoms with Gasteiger partial charge < -0.3 is 4.52 Å². The summed E-state index contributed by atoms with van der Waals surface area (Å²) in [6.45, 7) is 0. The Hall–Kier alpha value is -0.350. The maximum Gasteiger partial charge on any atom is 0.131 e. The summed E-state index contributed by atoms with van der Waals surface area (Å²) in [5.74, 6) is 0. The van der Waals surface area contributed by atoms with Crippen LogP contribution in [0.15, 0.2) is 31.9 Å². The van der Waals surface area contributed by atoms with Crippen molar-refractivity contribution in [2.75, 3.05) is 0 Å². The summed E-state index contributed by atoms with van der Waals surface area (Å²) in [4.78, 5) is 0. The normalized spacial score (nSPS) is 10.7. The van der Waals surface area contributed by atoms with Crippen LogP contribution in [-0.2, 0) is 0 Å². The van der Waals surface area contributed by atoms with Crippen molar-refractivity contribution in [2.45, 2.75) is 0 Å². The SMILES string of the molecule is Brc1cc(Br)c2nocc2c1. The fraction of sp³-hybridized carbons (Fsp3) is 0. The Balaban J connectivity index is 2.91. The molecule has 2 nitrogen and oxygen atoms in total. The van der Waals surface area contributed by atoms with Gasteiger partial charge in [-0.2, -0.15) is 0 Å². The molecule has 11 heavy (non-hydrogen) atoms. The summed E-state index contributed by atoms with van der Waals surface area (Å²) >= 11 is 6.74. The number of fused-ring (bicyclic) bond motifs is 1. The molecule has 0 bridgehead atoms. The third-order valence-corrected chi connectivity index (χ3v) is 2.44. The van der Waals surface area contributed by atoms with E-state index < -0.39 is 0 Å². The molecule has 1 aromatic heterocycles. The van der Waals surface area contributed by atoms with Crippen molar-refractivity contribution in [3.8, 4) is 0 Å². The van der Waals surface area contributed by atoms with E-state index in [-0.39, 0.29) is 0 Å². The Morgan fingerprint density at radius 1 is 1.27 bits per heavy atom. The lowest BCUT2D eigenvalue weighted by atomic mass is 10.3. The highest BCUT2D eigenvalue weighted by Gasteiger charge is 2.03. The van der Waals surface area contributed by atoms with Gasteiger partial charge in [0.05, 0.1) is 0 Å². The zero-order valence-corrected chi connectivity index (χ0v) is 8.52. The van der Waals surface area contributed by atoms with Gasteiger partial charge in [0.2, 0.25) is 0 Å². The van der Waals surface area contributed by atoms with E-state index in [2.05, 4.69) is 37.0 Å². The third-order valence-electron chi connectivity index (χ3n) is 1.38. The smallest absolute Gasteiger partial charge is 0.131 e. The molecule has 0 amide bonds. The van der Waals surface area contributed by atoms with Gasteiger partial charge in [-0.1, -0.05) is 21.1 Å². The van der Waals surface area contributed by atoms with Gasteiger partial charge in [0, 0.05) is 14.3 Å². The second kappa shape index (κ2) is 2.60. The molecular weight excluding hydrogens is 274 g/mol. The highest BCUT2D eigenvalue weighted by molar-refractivity contribution is 9.11. The number of hydrogen-bond donors (Lipinski definition) is 0. The van der Waals surface area contributed by atoms with Gasteiger partial charge >= 0.3 is 0 Å². The van der Waals surface area contributed by atoms with Gasteiger partial charge in [0.25, 0.3) is 0 Å². The number of nitrogens with zero attached hydrogens (tertiary/aromatic N) is 1. The molecule has 1 heterocycles. The van der Waals surface area contributed by atoms with Gasteiger partial charge in [0.1, 0.15) is 11.8 Å². The second-order valence-electron chi connectivity index (χ2n) is 2.14. The van der Waals surface area contributed by atoms with Crippen molar-refractivity contribution < 1.29 is 4.52 Å². The molecule has 0 N–H and O–H groups in total. The summed E-state index contributed by atoms with van der Waals surface area (Å²) in [5, 5.41) is 4.81. The summed E-state index contributed by atoms with van der Waals surface area (Å²) in [6, 6.07) is 3.89. The zero-order chi connectivity index (χ0) is 7.84. The lowest BCUT2D eigenvalue weighted by Crippen LogP contribution is -1.71. The van der Waals surface area contributed by atoms with E-state index in [1.54, 1.807) is 6.26 Å². The second-order valence-corrected chi connectivity index (χ2v) is 3.91. The first-order valence-corrected chi connectivity index (χ1v) is 4.55. The Labute approximate surface area is 79.8 Å². The molecule has 0 atom stereocenters. The first-order valence-electron chi connectivity index (χ1n) is 2.96. The van der Waals surface area contributed by atoms with Crippen LogP contribution in [0.5, 0.6) is 0 Å². The van der Waals surface area contributed by atoms with E-state index in [1.807, 2.05) is 12.1 Å². The Morgan fingerprint density at radius 2 is 2.09 bits per heavy atom. The van der Waals surface area contributed by atoms with E-state index in [0.29, 0.717) is 0 Å². The van der Waals surface area contributed by atoms with Crippen LogP contribution in [0.4, 0.5) is 0 Å². The minimum absolute atomic E-state index is 0.855. The molecule has 0 saturated carbocycles. The summed E-state index contributed by atoms with van der Waals surface area (Å²) < 4.78 is 6.75. The van der Waals surface area contributed by atoms with Crippen molar-refractivity contribution in [1.82, 2.24) is 5.16 Å². The molecule has 0 aliphatic rings. The Kier molecular flexibility index (Phi) is 1.73. The molecular formula is C7H3Br2NO. The predicted molar refractivity (Wildman–Crippen MR) is 49.4 cm³/mol. The van der Waals surface area contributed by atoms with E-state index in [1.165, 1.54) is 0 Å². The minimum Gasteiger partial charge on any atom is -0.363 e. The van der Waals surface area contributed by atoms with Crippen molar-refractivity contribution in [1.29, 1.82) is 0 Å². The fourth-order valence-corrected chi connectivity index (χ4v) is 2.24. The van der Waals surface area contributed by atoms with Crippen molar-refractivity contribution in [3.05, 3.63) is 27.3 Å². The summed E-state index contributed by atoms with van der Waals surface area (Å²) in [6.07, 6.45) is 1.62. The molecule has 0 radical (unpaired) electrons. The predicted octanol–water partition coefficient (Wildman–Crippen LogP) is 3.35. The molecule has 0 saturated heterocycles. The molecule has 2 rings (SSSR count). The lowest BCUT2D eigenvalue weighted by Gasteiger charge is -1.91. The molecule has 0 aliphatic carbocycles. The molecule has 2 aromatic rings. The van der Waals surface area contributed by atoms with Crippen LogP contribution < -0.4 is 0 Å². The first kappa shape index (κ1) is 7.31. The van der Waals surface area contributed by atoms with Gasteiger partial charge in [-0.25, -0.2) is 0 Å². The standard InChI is InChI=1S/C7H3Br2NO/c8-5-1-4-3-11-10-7(4)6(9)2-5/h1-3H. The van der Waals surface area contributed by atoms with E-state index in [0.717, 1.165) is 19.8 Å². The summed E-state index contributed by atoms with van der Waals surface area (Å²) in [7, 11) is 0. The third kappa shape index (κ3) is 1.20. The number of halogens is 2. The number of hydrogen-bond acceptors (Lipinski definition) is 2. The number of aromatic nitrogens is 1. The highest BCUT2D eigenvalue weighted by Crippen LogP contribution is 2.26. The number of benzene rings is 1. The quantitative estimate of drug-likeness (QED) is 0.738. The van der Waals surface area contributed by atoms with E-state index in [9.17, 15) is 0 Å². The molecule has 1 aromatic carbocycles. The Morgan fingerprint density at radius 3 is 2.91 bits per heavy atom. The van der Waals surface area contributed by atoms with Gasteiger partial charge in [0.15, 0.2) is 0 Å². The molecule has 0 spiro atoms. The highest BCUT2D eigenvalue weighted by atomic mass is 79.9. The largest absolute Gasteiger partial charge is 0.363 e. The zero-order valence-electron chi connectivity index (χ0n) is 5.34. The van der Waals surface area contributed by atoms with Crippen molar-refractivity contribution in [2.24, 2.45) is 0 Å². The van der Waals surface area contributed by atoms with Crippen molar-refractivity contribution >= 4 is 42.8 Å². The number of rotatable bonds is 0. The molecule has 0 fully saturated rings.